The van der Waals surface area contributed by atoms with E-state index in [1.54, 1.807) is 17.0 Å². The number of hydrogen-bond donors (Lipinski definition) is 1. The van der Waals surface area contributed by atoms with Crippen molar-refractivity contribution >= 4 is 27.5 Å². The van der Waals surface area contributed by atoms with Gasteiger partial charge in [-0.15, -0.1) is 0 Å². The summed E-state index contributed by atoms with van der Waals surface area (Å²) >= 11 is 0. The molecule has 0 bridgehead atoms. The lowest BCUT2D eigenvalue weighted by Gasteiger charge is -2.45. The third-order valence-corrected chi connectivity index (χ3v) is 7.42. The lowest BCUT2D eigenvalue weighted by atomic mass is 9.80. The highest BCUT2D eigenvalue weighted by Crippen LogP contribution is 2.49. The second-order valence-electron chi connectivity index (χ2n) is 8.75. The lowest BCUT2D eigenvalue weighted by Crippen LogP contribution is -2.53. The quantitative estimate of drug-likeness (QED) is 0.738. The van der Waals surface area contributed by atoms with Gasteiger partial charge in [0.1, 0.15) is 6.61 Å². The van der Waals surface area contributed by atoms with E-state index in [1.165, 1.54) is 13.0 Å². The Labute approximate surface area is 188 Å². The van der Waals surface area contributed by atoms with Crippen LogP contribution in [0, 0.1) is 11.8 Å². The summed E-state index contributed by atoms with van der Waals surface area (Å²) in [6, 6.07) is 13.6. The van der Waals surface area contributed by atoms with Crippen molar-refractivity contribution in [1.82, 2.24) is 5.32 Å². The molecule has 1 saturated carbocycles. The highest BCUT2D eigenvalue weighted by Gasteiger charge is 2.48. The van der Waals surface area contributed by atoms with Gasteiger partial charge in [0.05, 0.1) is 10.9 Å². The minimum Gasteiger partial charge on any atom is -0.445 e. The molecule has 1 heterocycles. The SMILES string of the molecule is CC(=O)N1c2ccc(S(C)(=O)=O)cc2[C@H](NC(=O)OCc2ccccc2)[C@@H](C)[C@@H]1C1CC1. The molecule has 0 spiro atoms. The zero-order chi connectivity index (χ0) is 23.0. The minimum atomic E-state index is -3.45. The minimum absolute atomic E-state index is 0.0662. The van der Waals surface area contributed by atoms with Crippen molar-refractivity contribution in [2.75, 3.05) is 11.2 Å². The summed E-state index contributed by atoms with van der Waals surface area (Å²) < 4.78 is 29.8. The standard InChI is InChI=1S/C24H28N2O5S/c1-15-22(25-24(28)31-14-17-7-5-4-6-8-17)20-13-19(32(3,29)30)11-12-21(20)26(16(2)27)23(15)18-9-10-18/h4-8,11-13,15,18,22-23H,9-10,14H2,1-3H3,(H,25,28)/t15-,22-,23-/m1/s1. The first-order valence-corrected chi connectivity index (χ1v) is 12.7. The Morgan fingerprint density at radius 1 is 1.12 bits per heavy atom. The maximum atomic E-state index is 12.7. The van der Waals surface area contributed by atoms with Crippen molar-refractivity contribution in [1.29, 1.82) is 0 Å². The molecule has 3 atom stereocenters. The molecule has 0 radical (unpaired) electrons. The number of nitrogens with zero attached hydrogens (tertiary/aromatic N) is 1. The van der Waals surface area contributed by atoms with Crippen LogP contribution in [-0.4, -0.2) is 32.7 Å². The average Bonchev–Trinajstić information content (AvgIpc) is 3.58. The average molecular weight is 457 g/mol. The number of carbonyl (C=O) groups excluding carboxylic acids is 2. The molecule has 0 aromatic heterocycles. The molecule has 2 aromatic rings. The van der Waals surface area contributed by atoms with Gasteiger partial charge in [0, 0.05) is 30.8 Å². The Morgan fingerprint density at radius 2 is 1.81 bits per heavy atom. The van der Waals surface area contributed by atoms with Crippen LogP contribution in [0.25, 0.3) is 0 Å². The molecule has 2 amide bonds. The number of anilines is 1. The van der Waals surface area contributed by atoms with E-state index < -0.39 is 22.0 Å². The molecule has 1 fully saturated rings. The van der Waals surface area contributed by atoms with E-state index in [1.807, 2.05) is 37.3 Å². The van der Waals surface area contributed by atoms with Gasteiger partial charge in [0.15, 0.2) is 9.84 Å². The molecule has 32 heavy (non-hydrogen) atoms. The van der Waals surface area contributed by atoms with Gasteiger partial charge >= 0.3 is 6.09 Å². The summed E-state index contributed by atoms with van der Waals surface area (Å²) in [7, 11) is -3.45. The number of fused-ring (bicyclic) bond motifs is 1. The third-order valence-electron chi connectivity index (χ3n) is 6.31. The fourth-order valence-electron chi connectivity index (χ4n) is 4.67. The van der Waals surface area contributed by atoms with Crippen LogP contribution in [0.4, 0.5) is 10.5 Å². The van der Waals surface area contributed by atoms with Gasteiger partial charge in [-0.2, -0.15) is 0 Å². The number of ether oxygens (including phenoxy) is 1. The summed E-state index contributed by atoms with van der Waals surface area (Å²) in [6.07, 6.45) is 2.63. The fraction of sp³-hybridized carbons (Fsp3) is 0.417. The Hall–Kier alpha value is -2.87. The van der Waals surface area contributed by atoms with Gasteiger partial charge in [-0.25, -0.2) is 13.2 Å². The second-order valence-corrected chi connectivity index (χ2v) is 10.8. The molecule has 7 nitrogen and oxygen atoms in total. The first-order chi connectivity index (χ1) is 15.2. The van der Waals surface area contributed by atoms with Crippen molar-refractivity contribution in [2.45, 2.75) is 50.3 Å². The number of hydrogen-bond acceptors (Lipinski definition) is 5. The zero-order valence-electron chi connectivity index (χ0n) is 18.4. The topological polar surface area (TPSA) is 92.8 Å². The van der Waals surface area contributed by atoms with E-state index >= 15 is 0 Å². The first kappa shape index (κ1) is 22.3. The summed E-state index contributed by atoms with van der Waals surface area (Å²) in [5.74, 6) is 0.159. The van der Waals surface area contributed by atoms with Crippen LogP contribution >= 0.6 is 0 Å². The summed E-state index contributed by atoms with van der Waals surface area (Å²) in [4.78, 5) is 27.2. The van der Waals surface area contributed by atoms with Crippen molar-refractivity contribution in [3.8, 4) is 0 Å². The van der Waals surface area contributed by atoms with Gasteiger partial charge < -0.3 is 15.0 Å². The highest BCUT2D eigenvalue weighted by molar-refractivity contribution is 7.90. The van der Waals surface area contributed by atoms with Crippen LogP contribution in [0.3, 0.4) is 0 Å². The number of benzene rings is 2. The van der Waals surface area contributed by atoms with Crippen molar-refractivity contribution in [3.05, 3.63) is 59.7 Å². The molecule has 0 unspecified atom stereocenters. The molecule has 1 aliphatic carbocycles. The van der Waals surface area contributed by atoms with Gasteiger partial charge in [0.25, 0.3) is 0 Å². The van der Waals surface area contributed by atoms with Crippen molar-refractivity contribution in [2.24, 2.45) is 11.8 Å². The van der Waals surface area contributed by atoms with E-state index in [0.29, 0.717) is 17.2 Å². The molecular formula is C24H28N2O5S. The number of carbonyl (C=O) groups is 2. The second kappa shape index (κ2) is 8.58. The molecular weight excluding hydrogens is 428 g/mol. The predicted molar refractivity (Wildman–Crippen MR) is 121 cm³/mol. The Kier molecular flexibility index (Phi) is 5.99. The van der Waals surface area contributed by atoms with E-state index in [2.05, 4.69) is 5.32 Å². The maximum absolute atomic E-state index is 12.7. The number of sulfone groups is 1. The van der Waals surface area contributed by atoms with Gasteiger partial charge in [-0.1, -0.05) is 37.3 Å². The van der Waals surface area contributed by atoms with Gasteiger partial charge in [0.2, 0.25) is 5.91 Å². The Bertz CT molecular complexity index is 1130. The first-order valence-electron chi connectivity index (χ1n) is 10.8. The van der Waals surface area contributed by atoms with Crippen LogP contribution in [0.5, 0.6) is 0 Å². The molecule has 170 valence electrons. The van der Waals surface area contributed by atoms with Crippen LogP contribution in [0.15, 0.2) is 53.4 Å². The number of rotatable bonds is 5. The fourth-order valence-corrected chi connectivity index (χ4v) is 5.32. The molecule has 1 aliphatic heterocycles. The molecule has 2 aromatic carbocycles. The van der Waals surface area contributed by atoms with Crippen LogP contribution in [0.1, 0.15) is 43.9 Å². The molecule has 0 saturated heterocycles. The zero-order valence-corrected chi connectivity index (χ0v) is 19.3. The normalized spacial score (nSPS) is 22.7. The van der Waals surface area contributed by atoms with Gasteiger partial charge in [-0.05, 0) is 48.1 Å². The van der Waals surface area contributed by atoms with E-state index in [0.717, 1.165) is 24.7 Å². The Morgan fingerprint density at radius 3 is 2.41 bits per heavy atom. The highest BCUT2D eigenvalue weighted by atomic mass is 32.2. The van der Waals surface area contributed by atoms with Crippen LogP contribution < -0.4 is 10.2 Å². The van der Waals surface area contributed by atoms with Crippen LogP contribution in [-0.2, 0) is 26.0 Å². The van der Waals surface area contributed by atoms with Crippen molar-refractivity contribution in [3.63, 3.8) is 0 Å². The molecule has 2 aliphatic rings. The monoisotopic (exact) mass is 456 g/mol. The summed E-state index contributed by atoms with van der Waals surface area (Å²) in [5.41, 5.74) is 2.13. The summed E-state index contributed by atoms with van der Waals surface area (Å²) in [6.45, 7) is 3.66. The predicted octanol–water partition coefficient (Wildman–Crippen LogP) is 3.84. The number of nitrogens with one attached hydrogen (secondary N) is 1. The van der Waals surface area contributed by atoms with E-state index in [9.17, 15) is 18.0 Å². The van der Waals surface area contributed by atoms with Crippen LogP contribution in [0.2, 0.25) is 0 Å². The van der Waals surface area contributed by atoms with Gasteiger partial charge in [-0.3, -0.25) is 4.79 Å². The van der Waals surface area contributed by atoms with E-state index in [4.69, 9.17) is 4.74 Å². The van der Waals surface area contributed by atoms with E-state index in [-0.39, 0.29) is 29.4 Å². The lowest BCUT2D eigenvalue weighted by molar-refractivity contribution is -0.117. The summed E-state index contributed by atoms with van der Waals surface area (Å²) in [5, 5.41) is 2.95. The Balaban J connectivity index is 1.67. The van der Waals surface area contributed by atoms with Crippen molar-refractivity contribution < 1.29 is 22.7 Å². The molecule has 4 rings (SSSR count). The number of amides is 2. The molecule has 1 N–H and O–H groups in total. The maximum Gasteiger partial charge on any atom is 0.407 e. The number of alkyl carbamates (subject to hydrolysis) is 1. The molecule has 8 heteroatoms. The smallest absolute Gasteiger partial charge is 0.407 e. The largest absolute Gasteiger partial charge is 0.445 e. The third kappa shape index (κ3) is 4.50.